The van der Waals surface area contributed by atoms with Gasteiger partial charge in [-0.1, -0.05) is 19.9 Å². The molecule has 2 heterocycles. The molecule has 0 spiro atoms. The van der Waals surface area contributed by atoms with Crippen molar-refractivity contribution in [3.8, 4) is 5.75 Å². The SMILES string of the molecule is CC/C=C(/OCC)C1=C(S)N(C2CC2)c2c(cc(F)c(N3CCC(C(C)(C)N)C3)c2OC)/C1=C\CC. The van der Waals surface area contributed by atoms with Crippen LogP contribution in [0.5, 0.6) is 5.75 Å². The summed E-state index contributed by atoms with van der Waals surface area (Å²) in [7, 11) is 1.65. The van der Waals surface area contributed by atoms with Crippen LogP contribution in [0.4, 0.5) is 15.8 Å². The Labute approximate surface area is 221 Å². The molecule has 1 unspecified atom stereocenters. The highest BCUT2D eigenvalue weighted by Gasteiger charge is 2.43. The lowest BCUT2D eigenvalue weighted by atomic mass is 9.88. The molecule has 0 bridgehead atoms. The number of ether oxygens (including phenoxy) is 2. The second-order valence-corrected chi connectivity index (χ2v) is 11.0. The molecule has 0 radical (unpaired) electrons. The fraction of sp³-hybridized carbons (Fsp3) is 0.586. The van der Waals surface area contributed by atoms with Gasteiger partial charge in [-0.2, -0.15) is 0 Å². The Hall–Kier alpha value is -2.12. The van der Waals surface area contributed by atoms with E-state index in [1.165, 1.54) is 0 Å². The quantitative estimate of drug-likeness (QED) is 0.285. The molecule has 1 aliphatic carbocycles. The molecule has 4 rings (SSSR count). The summed E-state index contributed by atoms with van der Waals surface area (Å²) in [4.78, 5) is 4.37. The average molecular weight is 516 g/mol. The molecule has 1 saturated heterocycles. The first-order valence-electron chi connectivity index (χ1n) is 13.4. The lowest BCUT2D eigenvalue weighted by Crippen LogP contribution is -2.42. The molecule has 2 aliphatic heterocycles. The molecule has 1 aromatic carbocycles. The first-order chi connectivity index (χ1) is 17.2. The third-order valence-electron chi connectivity index (χ3n) is 7.45. The predicted molar refractivity (Wildman–Crippen MR) is 151 cm³/mol. The molecule has 7 heteroatoms. The van der Waals surface area contributed by atoms with Crippen LogP contribution in [-0.2, 0) is 4.74 Å². The van der Waals surface area contributed by atoms with Crippen LogP contribution in [-0.4, -0.2) is 38.4 Å². The maximum Gasteiger partial charge on any atom is 0.169 e. The molecule has 5 nitrogen and oxygen atoms in total. The van der Waals surface area contributed by atoms with E-state index >= 15 is 4.39 Å². The van der Waals surface area contributed by atoms with E-state index in [4.69, 9.17) is 27.8 Å². The lowest BCUT2D eigenvalue weighted by Gasteiger charge is -2.38. The van der Waals surface area contributed by atoms with Crippen molar-refractivity contribution in [1.29, 1.82) is 0 Å². The molecule has 0 amide bonds. The Bertz CT molecular complexity index is 1080. The molecule has 3 aliphatic rings. The Morgan fingerprint density at radius 1 is 1.19 bits per heavy atom. The summed E-state index contributed by atoms with van der Waals surface area (Å²) in [6.45, 7) is 12.3. The number of fused-ring (bicyclic) bond motifs is 1. The topological polar surface area (TPSA) is 51.0 Å². The maximum absolute atomic E-state index is 16.1. The van der Waals surface area contributed by atoms with Gasteiger partial charge in [-0.25, -0.2) is 4.39 Å². The number of anilines is 2. The van der Waals surface area contributed by atoms with Gasteiger partial charge in [-0.05, 0) is 76.5 Å². The Morgan fingerprint density at radius 3 is 2.44 bits per heavy atom. The first-order valence-corrected chi connectivity index (χ1v) is 13.8. The minimum atomic E-state index is -0.319. The minimum Gasteiger partial charge on any atom is -0.493 e. The van der Waals surface area contributed by atoms with Crippen LogP contribution in [0.3, 0.4) is 0 Å². The van der Waals surface area contributed by atoms with Crippen LogP contribution in [0.15, 0.2) is 34.6 Å². The van der Waals surface area contributed by atoms with E-state index in [0.29, 0.717) is 30.6 Å². The first kappa shape index (κ1) is 26.9. The molecule has 1 saturated carbocycles. The Morgan fingerprint density at radius 2 is 1.92 bits per heavy atom. The summed E-state index contributed by atoms with van der Waals surface area (Å²) in [5, 5.41) is 0.844. The van der Waals surface area contributed by atoms with Crippen molar-refractivity contribution in [1.82, 2.24) is 0 Å². The highest BCUT2D eigenvalue weighted by molar-refractivity contribution is 7.84. The van der Waals surface area contributed by atoms with Crippen molar-refractivity contribution in [2.24, 2.45) is 11.7 Å². The Balaban J connectivity index is 1.93. The summed E-state index contributed by atoms with van der Waals surface area (Å²) in [5.41, 5.74) is 10.3. The number of hydrogen-bond donors (Lipinski definition) is 2. The van der Waals surface area contributed by atoms with Crippen LogP contribution in [0.2, 0.25) is 0 Å². The number of nitrogens with two attached hydrogens (primary N) is 1. The van der Waals surface area contributed by atoms with Crippen molar-refractivity contribution in [2.75, 3.05) is 36.6 Å². The lowest BCUT2D eigenvalue weighted by molar-refractivity contribution is 0.238. The molecule has 2 N–H and O–H groups in total. The zero-order chi connectivity index (χ0) is 26.2. The molecule has 0 aromatic heterocycles. The van der Waals surface area contributed by atoms with Gasteiger partial charge in [0.05, 0.1) is 30.0 Å². The molecular formula is C29H42FN3O2S. The number of benzene rings is 1. The zero-order valence-electron chi connectivity index (χ0n) is 22.7. The normalized spacial score (nSPS) is 22.0. The van der Waals surface area contributed by atoms with Gasteiger partial charge < -0.3 is 25.0 Å². The third kappa shape index (κ3) is 4.89. The van der Waals surface area contributed by atoms with Gasteiger partial charge in [0.15, 0.2) is 11.6 Å². The van der Waals surface area contributed by atoms with Crippen LogP contribution >= 0.6 is 12.6 Å². The zero-order valence-corrected chi connectivity index (χ0v) is 23.6. The second kappa shape index (κ2) is 10.7. The standard InChI is InChI=1S/C29H42FN3O2S/c1-7-10-20-21-16-22(30)26(32-15-14-18(17-32)29(4,5)31)27(34-6)25(21)33(19-12-13-19)28(36)24(20)23(11-8-2)35-9-3/h10-11,16,18-19,36H,7-9,12-15,17,31H2,1-6H3/b20-10+,23-11+. The smallest absolute Gasteiger partial charge is 0.169 e. The van der Waals surface area contributed by atoms with E-state index in [1.54, 1.807) is 13.2 Å². The van der Waals surface area contributed by atoms with Gasteiger partial charge in [-0.15, -0.1) is 12.6 Å². The van der Waals surface area contributed by atoms with Gasteiger partial charge in [0, 0.05) is 30.2 Å². The summed E-state index contributed by atoms with van der Waals surface area (Å²) in [5.74, 6) is 1.40. The Kier molecular flexibility index (Phi) is 8.01. The average Bonchev–Trinajstić information content (AvgIpc) is 3.52. The van der Waals surface area contributed by atoms with Gasteiger partial charge >= 0.3 is 0 Å². The van der Waals surface area contributed by atoms with Gasteiger partial charge in [0.25, 0.3) is 0 Å². The van der Waals surface area contributed by atoms with Crippen LogP contribution in [0.25, 0.3) is 5.57 Å². The van der Waals surface area contributed by atoms with Crippen LogP contribution in [0, 0.1) is 11.7 Å². The van der Waals surface area contributed by atoms with Crippen molar-refractivity contribution in [3.05, 3.63) is 46.0 Å². The minimum absolute atomic E-state index is 0.266. The van der Waals surface area contributed by atoms with Gasteiger partial charge in [0.1, 0.15) is 11.4 Å². The highest BCUT2D eigenvalue weighted by atomic mass is 32.1. The van der Waals surface area contributed by atoms with Crippen LogP contribution in [0.1, 0.15) is 72.3 Å². The number of nitrogens with zero attached hydrogens (tertiary/aromatic N) is 2. The fourth-order valence-corrected chi connectivity index (χ4v) is 6.01. The summed E-state index contributed by atoms with van der Waals surface area (Å²) < 4.78 is 28.3. The van der Waals surface area contributed by atoms with E-state index in [9.17, 15) is 0 Å². The fourth-order valence-electron chi connectivity index (χ4n) is 5.51. The second-order valence-electron chi connectivity index (χ2n) is 10.6. The van der Waals surface area contributed by atoms with E-state index in [1.807, 2.05) is 6.92 Å². The van der Waals surface area contributed by atoms with Crippen molar-refractivity contribution >= 4 is 29.6 Å². The van der Waals surface area contributed by atoms with E-state index in [2.05, 4.69) is 49.6 Å². The number of halogens is 1. The third-order valence-corrected chi connectivity index (χ3v) is 7.89. The number of rotatable bonds is 9. The summed E-state index contributed by atoms with van der Waals surface area (Å²) in [6.07, 6.45) is 8.94. The molecule has 36 heavy (non-hydrogen) atoms. The maximum atomic E-state index is 16.1. The molecule has 1 aromatic rings. The number of allylic oxidation sites excluding steroid dienone is 3. The number of hydrogen-bond acceptors (Lipinski definition) is 6. The summed E-state index contributed by atoms with van der Waals surface area (Å²) >= 11 is 5.11. The van der Waals surface area contributed by atoms with Gasteiger partial charge in [-0.3, -0.25) is 0 Å². The monoisotopic (exact) mass is 515 g/mol. The molecule has 198 valence electrons. The highest BCUT2D eigenvalue weighted by Crippen LogP contribution is 2.56. The van der Waals surface area contributed by atoms with E-state index in [-0.39, 0.29) is 17.3 Å². The van der Waals surface area contributed by atoms with Crippen LogP contribution < -0.4 is 20.3 Å². The van der Waals surface area contributed by atoms with Crippen molar-refractivity contribution < 1.29 is 13.9 Å². The van der Waals surface area contributed by atoms with Crippen molar-refractivity contribution in [3.63, 3.8) is 0 Å². The molecule has 1 atom stereocenters. The number of methoxy groups -OCH3 is 1. The summed E-state index contributed by atoms with van der Waals surface area (Å²) in [6, 6.07) is 2.00. The van der Waals surface area contributed by atoms with Gasteiger partial charge in [0.2, 0.25) is 0 Å². The molecule has 2 fully saturated rings. The predicted octanol–water partition coefficient (Wildman–Crippen LogP) is 6.65. The van der Waals surface area contributed by atoms with E-state index in [0.717, 1.165) is 71.8 Å². The van der Waals surface area contributed by atoms with Crippen molar-refractivity contribution in [2.45, 2.75) is 78.3 Å². The molecular weight excluding hydrogens is 473 g/mol. The number of thiol groups is 1. The van der Waals surface area contributed by atoms with E-state index < -0.39 is 0 Å². The largest absolute Gasteiger partial charge is 0.493 e.